The maximum Gasteiger partial charge on any atom is 0.258 e. The van der Waals surface area contributed by atoms with Crippen molar-refractivity contribution in [2.24, 2.45) is 5.92 Å². The van der Waals surface area contributed by atoms with Gasteiger partial charge in [-0.1, -0.05) is 6.92 Å². The first-order chi connectivity index (χ1) is 9.56. The fourth-order valence-corrected chi connectivity index (χ4v) is 2.75. The Morgan fingerprint density at radius 1 is 1.50 bits per heavy atom. The second kappa shape index (κ2) is 4.79. The fraction of sp³-hybridized carbons (Fsp3) is 0.429. The van der Waals surface area contributed by atoms with Gasteiger partial charge in [-0.15, -0.1) is 0 Å². The number of rotatable bonds is 1. The van der Waals surface area contributed by atoms with Crippen molar-refractivity contribution in [1.29, 1.82) is 0 Å². The summed E-state index contributed by atoms with van der Waals surface area (Å²) in [7, 11) is 0. The van der Waals surface area contributed by atoms with Crippen LogP contribution in [-0.4, -0.2) is 34.3 Å². The molecule has 106 valence electrons. The van der Waals surface area contributed by atoms with E-state index in [-0.39, 0.29) is 17.6 Å². The number of aliphatic hydroxyl groups is 1. The third-order valence-corrected chi connectivity index (χ3v) is 3.99. The Labute approximate surface area is 116 Å². The Morgan fingerprint density at radius 3 is 3.05 bits per heavy atom. The molecule has 0 bridgehead atoms. The monoisotopic (exact) mass is 274 g/mol. The van der Waals surface area contributed by atoms with Gasteiger partial charge in [0.25, 0.3) is 5.56 Å². The minimum atomic E-state index is -0.256. The number of aromatic nitrogens is 2. The van der Waals surface area contributed by atoms with Gasteiger partial charge in [0.15, 0.2) is 0 Å². The lowest BCUT2D eigenvalue weighted by Crippen LogP contribution is -2.42. The van der Waals surface area contributed by atoms with E-state index in [2.05, 4.69) is 14.9 Å². The lowest BCUT2D eigenvalue weighted by Gasteiger charge is -2.36. The highest BCUT2D eigenvalue weighted by molar-refractivity contribution is 5.88. The van der Waals surface area contributed by atoms with Crippen molar-refractivity contribution in [3.05, 3.63) is 28.8 Å². The van der Waals surface area contributed by atoms with Crippen LogP contribution in [0.2, 0.25) is 0 Å². The van der Waals surface area contributed by atoms with Crippen LogP contribution in [0.25, 0.3) is 10.9 Å². The van der Waals surface area contributed by atoms with E-state index >= 15 is 0 Å². The predicted octanol–water partition coefficient (Wildman–Crippen LogP) is 0.712. The van der Waals surface area contributed by atoms with Crippen molar-refractivity contribution in [2.45, 2.75) is 19.4 Å². The molecule has 1 fully saturated rings. The quantitative estimate of drug-likeness (QED) is 0.666. The number of piperidine rings is 1. The summed E-state index contributed by atoms with van der Waals surface area (Å²) < 4.78 is 0. The number of anilines is 2. The summed E-state index contributed by atoms with van der Waals surface area (Å²) in [5.41, 5.74) is 7.99. The Balaban J connectivity index is 2.04. The van der Waals surface area contributed by atoms with E-state index in [1.54, 1.807) is 6.07 Å². The SMILES string of the molecule is CC1CN(c2cc3nc[nH]c(=O)c3cc2N)CCC1O. The van der Waals surface area contributed by atoms with Crippen LogP contribution >= 0.6 is 0 Å². The summed E-state index contributed by atoms with van der Waals surface area (Å²) >= 11 is 0. The van der Waals surface area contributed by atoms with E-state index in [0.29, 0.717) is 16.6 Å². The molecule has 2 heterocycles. The van der Waals surface area contributed by atoms with Gasteiger partial charge in [-0.05, 0) is 24.5 Å². The van der Waals surface area contributed by atoms with Gasteiger partial charge in [0.05, 0.1) is 34.7 Å². The minimum Gasteiger partial charge on any atom is -0.397 e. The number of aromatic amines is 1. The van der Waals surface area contributed by atoms with Gasteiger partial charge < -0.3 is 20.7 Å². The molecule has 3 rings (SSSR count). The van der Waals surface area contributed by atoms with E-state index in [1.165, 1.54) is 6.33 Å². The average molecular weight is 274 g/mol. The highest BCUT2D eigenvalue weighted by atomic mass is 16.3. The number of fused-ring (bicyclic) bond motifs is 1. The van der Waals surface area contributed by atoms with E-state index < -0.39 is 0 Å². The lowest BCUT2D eigenvalue weighted by molar-refractivity contribution is 0.0971. The zero-order valence-corrected chi connectivity index (χ0v) is 11.3. The largest absolute Gasteiger partial charge is 0.397 e. The maximum absolute atomic E-state index is 11.7. The number of nitrogens with one attached hydrogen (secondary N) is 1. The molecular weight excluding hydrogens is 256 g/mol. The van der Waals surface area contributed by atoms with Crippen molar-refractivity contribution in [2.75, 3.05) is 23.7 Å². The molecule has 6 nitrogen and oxygen atoms in total. The van der Waals surface area contributed by atoms with Crippen molar-refractivity contribution in [3.63, 3.8) is 0 Å². The molecule has 1 aromatic heterocycles. The molecule has 2 unspecified atom stereocenters. The molecule has 2 atom stereocenters. The number of aliphatic hydroxyl groups excluding tert-OH is 1. The molecule has 1 saturated heterocycles. The molecule has 1 aliphatic heterocycles. The molecule has 0 aliphatic carbocycles. The van der Waals surface area contributed by atoms with Gasteiger partial charge >= 0.3 is 0 Å². The molecule has 20 heavy (non-hydrogen) atoms. The number of nitrogens with zero attached hydrogens (tertiary/aromatic N) is 2. The van der Waals surface area contributed by atoms with Crippen LogP contribution in [0.15, 0.2) is 23.3 Å². The van der Waals surface area contributed by atoms with Gasteiger partial charge in [0, 0.05) is 13.1 Å². The van der Waals surface area contributed by atoms with Crippen LogP contribution in [0.4, 0.5) is 11.4 Å². The summed E-state index contributed by atoms with van der Waals surface area (Å²) in [5.74, 6) is 0.200. The van der Waals surface area contributed by atoms with Gasteiger partial charge in [-0.3, -0.25) is 4.79 Å². The number of hydrogen-bond donors (Lipinski definition) is 3. The van der Waals surface area contributed by atoms with Crippen molar-refractivity contribution in [3.8, 4) is 0 Å². The number of H-pyrrole nitrogens is 1. The van der Waals surface area contributed by atoms with E-state index in [1.807, 2.05) is 13.0 Å². The highest BCUT2D eigenvalue weighted by Crippen LogP contribution is 2.30. The summed E-state index contributed by atoms with van der Waals surface area (Å²) in [4.78, 5) is 20.6. The van der Waals surface area contributed by atoms with Gasteiger partial charge in [0.2, 0.25) is 0 Å². The highest BCUT2D eigenvalue weighted by Gasteiger charge is 2.25. The minimum absolute atomic E-state index is 0.185. The van der Waals surface area contributed by atoms with Crippen molar-refractivity contribution in [1.82, 2.24) is 9.97 Å². The molecule has 0 saturated carbocycles. The van der Waals surface area contributed by atoms with Crippen LogP contribution in [-0.2, 0) is 0 Å². The Morgan fingerprint density at radius 2 is 2.30 bits per heavy atom. The molecule has 0 spiro atoms. The third kappa shape index (κ3) is 2.12. The van der Waals surface area contributed by atoms with Gasteiger partial charge in [-0.2, -0.15) is 0 Å². The van der Waals surface area contributed by atoms with Crippen molar-refractivity contribution >= 4 is 22.3 Å². The van der Waals surface area contributed by atoms with E-state index in [0.717, 1.165) is 25.2 Å². The fourth-order valence-electron chi connectivity index (χ4n) is 2.75. The maximum atomic E-state index is 11.7. The summed E-state index contributed by atoms with van der Waals surface area (Å²) in [5, 5.41) is 10.3. The van der Waals surface area contributed by atoms with Crippen LogP contribution in [0.5, 0.6) is 0 Å². The van der Waals surface area contributed by atoms with Gasteiger partial charge in [0.1, 0.15) is 0 Å². The number of hydrogen-bond acceptors (Lipinski definition) is 5. The molecule has 6 heteroatoms. The average Bonchev–Trinajstić information content (AvgIpc) is 2.42. The third-order valence-electron chi connectivity index (χ3n) is 3.99. The molecular formula is C14H18N4O2. The lowest BCUT2D eigenvalue weighted by atomic mass is 9.96. The Kier molecular flexibility index (Phi) is 3.10. The van der Waals surface area contributed by atoms with Crippen LogP contribution in [0.1, 0.15) is 13.3 Å². The van der Waals surface area contributed by atoms with Crippen LogP contribution < -0.4 is 16.2 Å². The molecule has 2 aromatic rings. The molecule has 1 aromatic carbocycles. The summed E-state index contributed by atoms with van der Waals surface area (Å²) in [6.45, 7) is 3.53. The second-order valence-corrected chi connectivity index (χ2v) is 5.44. The van der Waals surface area contributed by atoms with Crippen LogP contribution in [0, 0.1) is 5.92 Å². The standard InChI is InChI=1S/C14H18N4O2/c1-8-6-18(3-2-13(8)19)12-5-11-9(4-10(12)15)14(20)17-7-16-11/h4-5,7-8,13,19H,2-3,6,15H2,1H3,(H,16,17,20). The van der Waals surface area contributed by atoms with Crippen LogP contribution in [0.3, 0.4) is 0 Å². The zero-order chi connectivity index (χ0) is 14.3. The van der Waals surface area contributed by atoms with E-state index in [4.69, 9.17) is 5.73 Å². The second-order valence-electron chi connectivity index (χ2n) is 5.44. The van der Waals surface area contributed by atoms with Gasteiger partial charge in [-0.25, -0.2) is 4.98 Å². The number of nitrogen functional groups attached to an aromatic ring is 1. The topological polar surface area (TPSA) is 95.2 Å². The zero-order valence-electron chi connectivity index (χ0n) is 11.3. The Hall–Kier alpha value is -2.08. The first-order valence-corrected chi connectivity index (χ1v) is 6.76. The summed E-state index contributed by atoms with van der Waals surface area (Å²) in [6.07, 6.45) is 1.86. The normalized spacial score (nSPS) is 23.2. The number of nitrogens with two attached hydrogens (primary N) is 1. The smallest absolute Gasteiger partial charge is 0.258 e. The Bertz CT molecular complexity index is 697. The molecule has 4 N–H and O–H groups in total. The van der Waals surface area contributed by atoms with E-state index in [9.17, 15) is 9.90 Å². The molecule has 0 radical (unpaired) electrons. The predicted molar refractivity (Wildman–Crippen MR) is 78.8 cm³/mol. The molecule has 1 aliphatic rings. The number of benzene rings is 1. The van der Waals surface area contributed by atoms with Crippen molar-refractivity contribution < 1.29 is 5.11 Å². The summed E-state index contributed by atoms with van der Waals surface area (Å²) in [6, 6.07) is 3.52. The first-order valence-electron chi connectivity index (χ1n) is 6.76. The first kappa shape index (κ1) is 12.9. The molecule has 0 amide bonds.